The number of rotatable bonds is 0. The van der Waals surface area contributed by atoms with Crippen LogP contribution in [0.1, 0.15) is 0 Å². The van der Waals surface area contributed by atoms with E-state index in [1.807, 2.05) is 0 Å². The van der Waals surface area contributed by atoms with E-state index < -0.39 is 9.60 Å². The van der Waals surface area contributed by atoms with Crippen molar-refractivity contribution in [1.82, 2.24) is 0 Å². The summed E-state index contributed by atoms with van der Waals surface area (Å²) in [6, 6.07) is 0. The first-order valence-corrected chi connectivity index (χ1v) is 3.28. The van der Waals surface area contributed by atoms with Crippen LogP contribution in [0.2, 0.25) is 0 Å². The average Bonchev–Trinajstić information content (AvgIpc) is 0.811. The molecule has 0 heterocycles. The molecule has 0 unspecified atom stereocenters. The topological polar surface area (TPSA) is 23.1 Å². The average molecular weight is 252 g/mol. The van der Waals surface area contributed by atoms with Crippen molar-refractivity contribution in [3.05, 3.63) is 0 Å². The Balaban J connectivity index is -0.00000000750. The van der Waals surface area contributed by atoms with Gasteiger partial charge in [0.05, 0.1) is 0 Å². The van der Waals surface area contributed by atoms with E-state index in [0.717, 1.165) is 0 Å². The van der Waals surface area contributed by atoms with E-state index >= 15 is 0 Å². The Bertz CT molecular complexity index is 17.1. The van der Waals surface area contributed by atoms with Crippen molar-refractivity contribution >= 4 is 48.3 Å². The first-order valence-electron chi connectivity index (χ1n) is 0.475. The smallest absolute Gasteiger partial charge is 1.00 e. The second-order valence-corrected chi connectivity index (χ2v) is 2.71. The van der Waals surface area contributed by atoms with Gasteiger partial charge in [0, 0.05) is 0 Å². The molecule has 0 N–H and O–H groups in total. The minimum atomic E-state index is -1.67. The number of halogens is 5. The van der Waals surface area contributed by atoms with Crippen LogP contribution < -0.4 is 37.2 Å². The maximum Gasteiger partial charge on any atom is 3.00 e. The zero-order chi connectivity index (χ0) is 3.58. The molecule has 0 rings (SSSR count). The molecule has 0 radical (unpaired) electrons. The molecule has 1 nitrogen and oxygen atoms in total. The zero-order valence-corrected chi connectivity index (χ0v) is 9.03. The van der Waals surface area contributed by atoms with Crippen LogP contribution in [0.5, 0.6) is 0 Å². The van der Waals surface area contributed by atoms with Crippen molar-refractivity contribution in [2.75, 3.05) is 0 Å². The Morgan fingerprint density at radius 3 is 1.00 bits per heavy atom. The second-order valence-electron chi connectivity index (χ2n) is 0.184. The van der Waals surface area contributed by atoms with Gasteiger partial charge in [-0.25, -0.2) is 0 Å². The third-order valence-corrected chi connectivity index (χ3v) is 0. The molecule has 0 saturated heterocycles. The molecule has 0 bridgehead atoms. The SMILES string of the molecule is [Al+3].[Cl-].[Cl-].[Cl-].[O-][S+](Cl)Cl. The first kappa shape index (κ1) is 31.7. The molecule has 0 spiro atoms. The fourth-order valence-electron chi connectivity index (χ4n) is 0. The van der Waals surface area contributed by atoms with Crippen molar-refractivity contribution in [2.45, 2.75) is 0 Å². The van der Waals surface area contributed by atoms with Gasteiger partial charge in [-0.3, -0.25) is 0 Å². The van der Waals surface area contributed by atoms with E-state index in [0.29, 0.717) is 0 Å². The summed E-state index contributed by atoms with van der Waals surface area (Å²) in [5.41, 5.74) is 0. The van der Waals surface area contributed by atoms with Gasteiger partial charge >= 0.3 is 17.4 Å². The molecule has 0 aliphatic carbocycles. The summed E-state index contributed by atoms with van der Waals surface area (Å²) in [7, 11) is 7.36. The predicted octanol–water partition coefficient (Wildman–Crippen LogP) is -8.33. The summed E-state index contributed by atoms with van der Waals surface area (Å²) in [6.45, 7) is 0. The summed E-state index contributed by atoms with van der Waals surface area (Å²) in [6.07, 6.45) is 0. The van der Waals surface area contributed by atoms with Crippen LogP contribution in [0.4, 0.5) is 0 Å². The third-order valence-electron chi connectivity index (χ3n) is 0. The maximum atomic E-state index is 9.09. The van der Waals surface area contributed by atoms with Crippen LogP contribution in [0.25, 0.3) is 0 Å². The van der Waals surface area contributed by atoms with Gasteiger partial charge in [-0.2, -0.15) is 0 Å². The van der Waals surface area contributed by atoms with E-state index in [1.54, 1.807) is 0 Å². The molecule has 50 valence electrons. The summed E-state index contributed by atoms with van der Waals surface area (Å²) in [4.78, 5) is 0. The minimum Gasteiger partial charge on any atom is -1.00 e. The molecule has 0 aromatic rings. The Labute approximate surface area is 89.4 Å². The van der Waals surface area contributed by atoms with E-state index in [2.05, 4.69) is 21.4 Å². The molecule has 0 saturated carbocycles. The van der Waals surface area contributed by atoms with Gasteiger partial charge in [-0.1, -0.05) is 0 Å². The van der Waals surface area contributed by atoms with Crippen molar-refractivity contribution in [3.63, 3.8) is 0 Å². The van der Waals surface area contributed by atoms with E-state index in [9.17, 15) is 0 Å². The van der Waals surface area contributed by atoms with Crippen LogP contribution in [-0.2, 0) is 9.60 Å². The van der Waals surface area contributed by atoms with Crippen LogP contribution in [0, 0.1) is 0 Å². The van der Waals surface area contributed by atoms with Gasteiger partial charge in [0.2, 0.25) is 0 Å². The zero-order valence-electron chi connectivity index (χ0n) is 3.28. The van der Waals surface area contributed by atoms with E-state index in [4.69, 9.17) is 4.55 Å². The van der Waals surface area contributed by atoms with Crippen LogP contribution in [0.3, 0.4) is 0 Å². The van der Waals surface area contributed by atoms with Crippen LogP contribution >= 0.6 is 21.4 Å². The molecule has 0 atom stereocenters. The van der Waals surface area contributed by atoms with Gasteiger partial charge < -0.3 is 41.8 Å². The first-order chi connectivity index (χ1) is 1.73. The number of hydrogen-bond acceptors (Lipinski definition) is 1. The molecule has 0 aromatic carbocycles. The number of hydrogen-bond donors (Lipinski definition) is 0. The molecule has 8 heavy (non-hydrogen) atoms. The maximum absolute atomic E-state index is 9.09. The Hall–Kier alpha value is 2.29. The monoisotopic (exact) mass is 250 g/mol. The molecule has 0 aliphatic rings. The standard InChI is InChI=1S/Al.Cl2OS.3ClH/c;1-4(2)3;;;/h;;3*1H/q+3;;;;/p-3. The molecule has 0 amide bonds. The van der Waals surface area contributed by atoms with E-state index in [-0.39, 0.29) is 54.6 Å². The summed E-state index contributed by atoms with van der Waals surface area (Å²) < 4.78 is 9.09. The molecule has 0 aromatic heterocycles. The Kier molecular flexibility index (Phi) is 90.5. The van der Waals surface area contributed by atoms with E-state index in [1.165, 1.54) is 0 Å². The fraction of sp³-hybridized carbons (Fsp3) is 0. The van der Waals surface area contributed by atoms with Crippen molar-refractivity contribution in [1.29, 1.82) is 0 Å². The Morgan fingerprint density at radius 1 is 1.00 bits per heavy atom. The van der Waals surface area contributed by atoms with Crippen molar-refractivity contribution in [3.8, 4) is 0 Å². The van der Waals surface area contributed by atoms with Gasteiger partial charge in [0.15, 0.2) is 31.0 Å². The van der Waals surface area contributed by atoms with Crippen molar-refractivity contribution < 1.29 is 41.8 Å². The van der Waals surface area contributed by atoms with Gasteiger partial charge in [0.1, 0.15) is 0 Å². The van der Waals surface area contributed by atoms with Gasteiger partial charge in [-0.05, 0) is 0 Å². The molecule has 8 heteroatoms. The molecule has 0 aliphatic heterocycles. The normalized spacial score (nSPS) is 4.50. The Morgan fingerprint density at radius 2 is 1.00 bits per heavy atom. The molecular weight excluding hydrogens is 252 g/mol. The quantitative estimate of drug-likeness (QED) is 0.310. The summed E-state index contributed by atoms with van der Waals surface area (Å²) >= 11 is 0. The minimum absolute atomic E-state index is 0. The van der Waals surface area contributed by atoms with Crippen LogP contribution in [-0.4, -0.2) is 21.9 Å². The summed E-state index contributed by atoms with van der Waals surface area (Å²) in [5.74, 6) is 0. The fourth-order valence-corrected chi connectivity index (χ4v) is 0. The third kappa shape index (κ3) is 83.9. The largest absolute Gasteiger partial charge is 3.00 e. The van der Waals surface area contributed by atoms with Crippen molar-refractivity contribution in [2.24, 2.45) is 0 Å². The molecule has 0 fully saturated rings. The molecular formula is AlCl5OS. The van der Waals surface area contributed by atoms with Gasteiger partial charge in [-0.15, -0.1) is 0 Å². The second kappa shape index (κ2) is 22.8. The van der Waals surface area contributed by atoms with Crippen LogP contribution in [0.15, 0.2) is 0 Å². The van der Waals surface area contributed by atoms with Gasteiger partial charge in [0.25, 0.3) is 0 Å². The predicted molar refractivity (Wildman–Crippen MR) is 25.6 cm³/mol. The summed E-state index contributed by atoms with van der Waals surface area (Å²) in [5, 5.41) is 0.